The van der Waals surface area contributed by atoms with Crippen LogP contribution in [0.15, 0.2) is 78.9 Å². The number of aliphatic carboxylic acids is 1. The predicted molar refractivity (Wildman–Crippen MR) is 110 cm³/mol. The fourth-order valence-electron chi connectivity index (χ4n) is 2.90. The van der Waals surface area contributed by atoms with Crippen LogP contribution in [-0.4, -0.2) is 17.7 Å². The average Bonchev–Trinajstić information content (AvgIpc) is 2.73. The highest BCUT2D eigenvalue weighted by Gasteiger charge is 2.15. The Bertz CT molecular complexity index is 906. The molecule has 3 rings (SSSR count). The van der Waals surface area contributed by atoms with Gasteiger partial charge in [-0.25, -0.2) is 0 Å². The molecule has 0 radical (unpaired) electrons. The number of benzene rings is 3. The van der Waals surface area contributed by atoms with E-state index in [0.717, 1.165) is 22.6 Å². The van der Waals surface area contributed by atoms with Gasteiger partial charge in [-0.3, -0.25) is 4.79 Å². The molecule has 0 saturated carbocycles. The van der Waals surface area contributed by atoms with Crippen LogP contribution in [0.3, 0.4) is 0 Å². The summed E-state index contributed by atoms with van der Waals surface area (Å²) in [6.07, 6.45) is -0.527. The number of ether oxygens (including phenoxy) is 3. The van der Waals surface area contributed by atoms with Gasteiger partial charge in [0.2, 0.25) is 0 Å². The average molecular weight is 392 g/mol. The van der Waals surface area contributed by atoms with Gasteiger partial charge in [-0.1, -0.05) is 42.5 Å². The largest absolute Gasteiger partial charge is 0.489 e. The van der Waals surface area contributed by atoms with E-state index in [1.807, 2.05) is 85.8 Å². The van der Waals surface area contributed by atoms with Crippen molar-refractivity contribution in [2.24, 2.45) is 0 Å². The number of hydrogen-bond acceptors (Lipinski definition) is 4. The molecule has 0 fully saturated rings. The summed E-state index contributed by atoms with van der Waals surface area (Å²) in [6.45, 7) is 2.70. The third kappa shape index (κ3) is 6.36. The predicted octanol–water partition coefficient (Wildman–Crippen LogP) is 5.61. The van der Waals surface area contributed by atoms with E-state index in [4.69, 9.17) is 19.3 Å². The van der Waals surface area contributed by atoms with Crippen molar-refractivity contribution < 1.29 is 24.1 Å². The normalized spacial score (nSPS) is 11.6. The first kappa shape index (κ1) is 20.4. The SMILES string of the molecule is CCO[C@@H](CC(=O)O)c1ccc(OCc2cccc(Oc3ccccc3)c2)cc1. The number of para-hydroxylation sites is 1. The van der Waals surface area contributed by atoms with Crippen LogP contribution in [0.5, 0.6) is 17.2 Å². The Labute approximate surface area is 170 Å². The summed E-state index contributed by atoms with van der Waals surface area (Å²) in [5.74, 6) is 1.35. The van der Waals surface area contributed by atoms with Crippen molar-refractivity contribution in [2.45, 2.75) is 26.1 Å². The lowest BCUT2D eigenvalue weighted by molar-refractivity contribution is -0.140. The number of rotatable bonds is 10. The Hall–Kier alpha value is -3.31. The Morgan fingerprint density at radius 1 is 0.897 bits per heavy atom. The first-order chi connectivity index (χ1) is 14.1. The van der Waals surface area contributed by atoms with E-state index in [0.29, 0.717) is 19.0 Å². The van der Waals surface area contributed by atoms with Gasteiger partial charge in [0.1, 0.15) is 23.9 Å². The Morgan fingerprint density at radius 2 is 1.62 bits per heavy atom. The maximum absolute atomic E-state index is 11.0. The molecule has 0 aromatic heterocycles. The Kier molecular flexibility index (Phi) is 7.25. The minimum atomic E-state index is -0.888. The molecule has 3 aromatic carbocycles. The molecule has 5 nitrogen and oxygen atoms in total. The zero-order valence-corrected chi connectivity index (χ0v) is 16.3. The van der Waals surface area contributed by atoms with Crippen molar-refractivity contribution in [3.8, 4) is 17.2 Å². The van der Waals surface area contributed by atoms with E-state index in [-0.39, 0.29) is 6.42 Å². The smallest absolute Gasteiger partial charge is 0.306 e. The van der Waals surface area contributed by atoms with E-state index in [9.17, 15) is 4.79 Å². The molecule has 29 heavy (non-hydrogen) atoms. The lowest BCUT2D eigenvalue weighted by Gasteiger charge is -2.16. The molecular formula is C24H24O5. The molecule has 0 aliphatic carbocycles. The fraction of sp³-hybridized carbons (Fsp3) is 0.208. The van der Waals surface area contributed by atoms with Crippen LogP contribution in [-0.2, 0) is 16.1 Å². The van der Waals surface area contributed by atoms with E-state index in [1.54, 1.807) is 0 Å². The van der Waals surface area contributed by atoms with Gasteiger partial charge < -0.3 is 19.3 Å². The summed E-state index contributed by atoms with van der Waals surface area (Å²) in [7, 11) is 0. The lowest BCUT2D eigenvalue weighted by Crippen LogP contribution is -2.10. The molecule has 0 heterocycles. The highest BCUT2D eigenvalue weighted by molar-refractivity contribution is 5.67. The highest BCUT2D eigenvalue weighted by atomic mass is 16.5. The molecule has 0 unspecified atom stereocenters. The molecule has 5 heteroatoms. The molecule has 0 aliphatic rings. The van der Waals surface area contributed by atoms with Gasteiger partial charge in [0.25, 0.3) is 0 Å². The Balaban J connectivity index is 1.60. The quantitative estimate of drug-likeness (QED) is 0.486. The topological polar surface area (TPSA) is 65.0 Å². The van der Waals surface area contributed by atoms with Crippen molar-refractivity contribution >= 4 is 5.97 Å². The molecule has 1 N–H and O–H groups in total. The monoisotopic (exact) mass is 392 g/mol. The molecule has 0 bridgehead atoms. The van der Waals surface area contributed by atoms with Crippen LogP contribution in [0.25, 0.3) is 0 Å². The second kappa shape index (κ2) is 10.3. The fourth-order valence-corrected chi connectivity index (χ4v) is 2.90. The summed E-state index contributed by atoms with van der Waals surface area (Å²) < 4.78 is 17.2. The zero-order chi connectivity index (χ0) is 20.5. The molecule has 0 aliphatic heterocycles. The van der Waals surface area contributed by atoms with Crippen molar-refractivity contribution in [1.29, 1.82) is 0 Å². The Morgan fingerprint density at radius 3 is 2.31 bits per heavy atom. The van der Waals surface area contributed by atoms with Crippen molar-refractivity contribution in [2.75, 3.05) is 6.61 Å². The summed E-state index contributed by atoms with van der Waals surface area (Å²) in [6, 6.07) is 24.7. The third-order valence-electron chi connectivity index (χ3n) is 4.26. The maximum atomic E-state index is 11.0. The molecule has 1 atom stereocenters. The number of carboxylic acid groups (broad SMARTS) is 1. The van der Waals surface area contributed by atoms with E-state index in [2.05, 4.69) is 0 Å². The van der Waals surface area contributed by atoms with Crippen LogP contribution >= 0.6 is 0 Å². The summed E-state index contributed by atoms with van der Waals surface area (Å²) in [4.78, 5) is 11.0. The minimum absolute atomic E-state index is 0.0672. The number of hydrogen-bond donors (Lipinski definition) is 1. The second-order valence-corrected chi connectivity index (χ2v) is 6.46. The molecule has 0 spiro atoms. The standard InChI is InChI=1S/C24H24O5/c1-2-27-23(16-24(25)26)19-11-13-20(14-12-19)28-17-18-7-6-10-22(15-18)29-21-8-4-3-5-9-21/h3-15,23H,2,16-17H2,1H3,(H,25,26)/t23-/m0/s1. The van der Waals surface area contributed by atoms with Gasteiger partial charge in [0.15, 0.2) is 0 Å². The first-order valence-corrected chi connectivity index (χ1v) is 9.52. The van der Waals surface area contributed by atoms with Gasteiger partial charge in [-0.05, 0) is 54.4 Å². The highest BCUT2D eigenvalue weighted by Crippen LogP contribution is 2.25. The molecule has 150 valence electrons. The minimum Gasteiger partial charge on any atom is -0.489 e. The van der Waals surface area contributed by atoms with Crippen molar-refractivity contribution in [1.82, 2.24) is 0 Å². The molecule has 0 saturated heterocycles. The van der Waals surface area contributed by atoms with Crippen LogP contribution in [0.4, 0.5) is 0 Å². The second-order valence-electron chi connectivity index (χ2n) is 6.46. The number of carbonyl (C=O) groups is 1. The third-order valence-corrected chi connectivity index (χ3v) is 4.26. The first-order valence-electron chi connectivity index (χ1n) is 9.52. The maximum Gasteiger partial charge on any atom is 0.306 e. The van der Waals surface area contributed by atoms with Gasteiger partial charge in [-0.2, -0.15) is 0 Å². The summed E-state index contributed by atoms with van der Waals surface area (Å²) in [5.41, 5.74) is 1.81. The van der Waals surface area contributed by atoms with E-state index < -0.39 is 12.1 Å². The van der Waals surface area contributed by atoms with Crippen molar-refractivity contribution in [3.05, 3.63) is 90.0 Å². The van der Waals surface area contributed by atoms with Crippen molar-refractivity contribution in [3.63, 3.8) is 0 Å². The lowest BCUT2D eigenvalue weighted by atomic mass is 10.1. The molecule has 0 amide bonds. The zero-order valence-electron chi connectivity index (χ0n) is 16.3. The number of carboxylic acids is 1. The summed E-state index contributed by atoms with van der Waals surface area (Å²) >= 11 is 0. The molecular weight excluding hydrogens is 368 g/mol. The van der Waals surface area contributed by atoms with E-state index in [1.165, 1.54) is 0 Å². The van der Waals surface area contributed by atoms with Crippen LogP contribution in [0, 0.1) is 0 Å². The van der Waals surface area contributed by atoms with Crippen LogP contribution in [0.2, 0.25) is 0 Å². The van der Waals surface area contributed by atoms with Gasteiger partial charge in [0, 0.05) is 6.61 Å². The summed E-state index contributed by atoms with van der Waals surface area (Å²) in [5, 5.41) is 9.04. The van der Waals surface area contributed by atoms with E-state index >= 15 is 0 Å². The van der Waals surface area contributed by atoms with Gasteiger partial charge >= 0.3 is 5.97 Å². The van der Waals surface area contributed by atoms with Crippen LogP contribution < -0.4 is 9.47 Å². The van der Waals surface area contributed by atoms with Crippen LogP contribution in [0.1, 0.15) is 30.6 Å². The van der Waals surface area contributed by atoms with Gasteiger partial charge in [-0.15, -0.1) is 0 Å². The molecule has 3 aromatic rings. The van der Waals surface area contributed by atoms with Gasteiger partial charge in [0.05, 0.1) is 12.5 Å².